The highest BCUT2D eigenvalue weighted by atomic mass is 79.9. The molecule has 0 radical (unpaired) electrons. The number of benzene rings is 3. The van der Waals surface area contributed by atoms with Crippen LogP contribution in [-0.2, 0) is 15.8 Å². The zero-order valence-corrected chi connectivity index (χ0v) is 21.9. The molecule has 0 N–H and O–H groups in total. The van der Waals surface area contributed by atoms with Gasteiger partial charge in [-0.25, -0.2) is 4.90 Å². The van der Waals surface area contributed by atoms with Crippen LogP contribution in [0.2, 0.25) is 0 Å². The van der Waals surface area contributed by atoms with Crippen molar-refractivity contribution in [3.63, 3.8) is 0 Å². The molecule has 3 aliphatic rings. The van der Waals surface area contributed by atoms with Gasteiger partial charge in [0.25, 0.3) is 0 Å². The van der Waals surface area contributed by atoms with Crippen molar-refractivity contribution in [2.24, 2.45) is 11.8 Å². The van der Waals surface area contributed by atoms with Crippen molar-refractivity contribution < 1.29 is 32.3 Å². The van der Waals surface area contributed by atoms with E-state index in [0.29, 0.717) is 20.8 Å². The van der Waals surface area contributed by atoms with Crippen LogP contribution in [-0.4, -0.2) is 36.8 Å². The van der Waals surface area contributed by atoms with E-state index in [1.165, 1.54) is 19.2 Å². The maximum Gasteiger partial charge on any atom is 0.418 e. The first-order valence-electron chi connectivity index (χ1n) is 12.1. The van der Waals surface area contributed by atoms with Gasteiger partial charge >= 0.3 is 6.18 Å². The van der Waals surface area contributed by atoms with Crippen molar-refractivity contribution >= 4 is 51.0 Å². The molecule has 0 bridgehead atoms. The number of para-hydroxylation sites is 2. The summed E-state index contributed by atoms with van der Waals surface area (Å²) in [5.41, 5.74) is 0.137. The molecule has 2 amide bonds. The first-order valence-corrected chi connectivity index (χ1v) is 12.9. The van der Waals surface area contributed by atoms with E-state index >= 15 is 0 Å². The Bertz CT molecular complexity index is 1570. The molecule has 3 heterocycles. The molecule has 3 aromatic carbocycles. The molecular formula is C29H20BrF3N2O4. The second-order valence-corrected chi connectivity index (χ2v) is 10.4. The van der Waals surface area contributed by atoms with Gasteiger partial charge in [0, 0.05) is 11.3 Å². The standard InChI is InChI=1S/C29H20BrF3N2O4/c1-39-22-13-11-16(14-18(22)30)26(36)25-24-23(21-12-10-15-6-2-4-8-19(15)34(21)25)27(37)35(28(24)38)20-9-5-3-7-17(20)29(31,32)33/h2-14,21,23-25H,1H3/t21-,23-,24+,25-/m1/s1. The van der Waals surface area contributed by atoms with Crippen LogP contribution >= 0.6 is 15.9 Å². The molecule has 0 saturated carbocycles. The summed E-state index contributed by atoms with van der Waals surface area (Å²) in [5.74, 6) is -3.73. The lowest BCUT2D eigenvalue weighted by Gasteiger charge is -2.36. The lowest BCUT2D eigenvalue weighted by molar-refractivity contribution is -0.137. The number of imide groups is 1. The number of fused-ring (bicyclic) bond motifs is 5. The predicted octanol–water partition coefficient (Wildman–Crippen LogP) is 5.75. The predicted molar refractivity (Wildman–Crippen MR) is 141 cm³/mol. The van der Waals surface area contributed by atoms with E-state index in [4.69, 9.17) is 4.74 Å². The van der Waals surface area contributed by atoms with Crippen LogP contribution in [0.25, 0.3) is 6.08 Å². The van der Waals surface area contributed by atoms with Crippen molar-refractivity contribution in [2.45, 2.75) is 18.3 Å². The van der Waals surface area contributed by atoms with Crippen molar-refractivity contribution in [2.75, 3.05) is 16.9 Å². The molecule has 3 aliphatic heterocycles. The number of methoxy groups -OCH3 is 1. The third kappa shape index (κ3) is 3.80. The normalized spacial score (nSPS) is 23.5. The van der Waals surface area contributed by atoms with Gasteiger partial charge in [-0.05, 0) is 57.9 Å². The minimum Gasteiger partial charge on any atom is -0.496 e. The maximum atomic E-state index is 14.1. The fourth-order valence-corrected chi connectivity index (χ4v) is 6.49. The summed E-state index contributed by atoms with van der Waals surface area (Å²) in [6.45, 7) is 0. The Hall–Kier alpha value is -3.92. The lowest BCUT2D eigenvalue weighted by atomic mass is 9.86. The number of ketones is 1. The first kappa shape index (κ1) is 25.4. The molecule has 2 saturated heterocycles. The molecule has 6 rings (SSSR count). The lowest BCUT2D eigenvalue weighted by Crippen LogP contribution is -2.49. The van der Waals surface area contributed by atoms with Gasteiger partial charge in [-0.1, -0.05) is 42.5 Å². The van der Waals surface area contributed by atoms with Gasteiger partial charge in [0.15, 0.2) is 5.78 Å². The number of alkyl halides is 3. The van der Waals surface area contributed by atoms with Gasteiger partial charge < -0.3 is 9.64 Å². The van der Waals surface area contributed by atoms with E-state index < -0.39 is 58.9 Å². The summed E-state index contributed by atoms with van der Waals surface area (Å²) in [6, 6.07) is 14.7. The number of hydrogen-bond donors (Lipinski definition) is 0. The fourth-order valence-electron chi connectivity index (χ4n) is 5.95. The minimum absolute atomic E-state index is 0.272. The van der Waals surface area contributed by atoms with Crippen LogP contribution in [0.15, 0.2) is 77.3 Å². The van der Waals surface area contributed by atoms with Crippen LogP contribution in [0.1, 0.15) is 21.5 Å². The maximum absolute atomic E-state index is 14.1. The van der Waals surface area contributed by atoms with Crippen molar-refractivity contribution in [1.29, 1.82) is 0 Å². The zero-order valence-electron chi connectivity index (χ0n) is 20.4. The van der Waals surface area contributed by atoms with Crippen molar-refractivity contribution in [3.05, 3.63) is 94.0 Å². The van der Waals surface area contributed by atoms with Gasteiger partial charge in [-0.3, -0.25) is 14.4 Å². The zero-order chi connectivity index (χ0) is 27.6. The molecule has 3 aromatic rings. The third-order valence-electron chi connectivity index (χ3n) is 7.57. The molecule has 0 unspecified atom stereocenters. The van der Waals surface area contributed by atoms with E-state index in [-0.39, 0.29) is 5.56 Å². The van der Waals surface area contributed by atoms with Crippen LogP contribution < -0.4 is 14.5 Å². The number of carbonyl (C=O) groups excluding carboxylic acids is 3. The second kappa shape index (κ2) is 9.08. The number of nitrogens with zero attached hydrogens (tertiary/aromatic N) is 2. The average molecular weight is 597 g/mol. The van der Waals surface area contributed by atoms with Crippen molar-refractivity contribution in [1.82, 2.24) is 0 Å². The summed E-state index contributed by atoms with van der Waals surface area (Å²) in [5, 5.41) is 0. The Morgan fingerprint density at radius 3 is 2.28 bits per heavy atom. The molecule has 0 spiro atoms. The van der Waals surface area contributed by atoms with Crippen LogP contribution in [0.5, 0.6) is 5.75 Å². The third-order valence-corrected chi connectivity index (χ3v) is 8.19. The number of hydrogen-bond acceptors (Lipinski definition) is 5. The number of rotatable bonds is 4. The van der Waals surface area contributed by atoms with E-state index in [9.17, 15) is 27.6 Å². The number of carbonyl (C=O) groups is 3. The Kier molecular flexibility index (Phi) is 5.91. The van der Waals surface area contributed by atoms with Crippen molar-refractivity contribution in [3.8, 4) is 5.75 Å². The molecule has 6 nitrogen and oxygen atoms in total. The SMILES string of the molecule is COc1ccc(C(=O)[C@H]2[C@H]3C(=O)N(c4ccccc4C(F)(F)F)C(=O)[C@@H]3[C@H]3C=Cc4ccccc4N32)cc1Br. The quantitative estimate of drug-likeness (QED) is 0.283. The largest absolute Gasteiger partial charge is 0.496 e. The van der Waals surface area contributed by atoms with Gasteiger partial charge in [-0.2, -0.15) is 13.2 Å². The Labute approximate surface area is 229 Å². The molecule has 0 aromatic heterocycles. The average Bonchev–Trinajstić information content (AvgIpc) is 3.40. The van der Waals surface area contributed by atoms with Crippen LogP contribution in [0.3, 0.4) is 0 Å². The fraction of sp³-hybridized carbons (Fsp3) is 0.207. The molecular weight excluding hydrogens is 577 g/mol. The summed E-state index contributed by atoms with van der Waals surface area (Å²) >= 11 is 3.39. The minimum atomic E-state index is -4.78. The first-order chi connectivity index (χ1) is 18.6. The topological polar surface area (TPSA) is 66.9 Å². The van der Waals surface area contributed by atoms with Gasteiger partial charge in [0.1, 0.15) is 11.8 Å². The molecule has 0 aliphatic carbocycles. The van der Waals surface area contributed by atoms with Crippen LogP contribution in [0.4, 0.5) is 24.5 Å². The molecule has 39 heavy (non-hydrogen) atoms. The van der Waals surface area contributed by atoms with E-state index in [1.807, 2.05) is 24.3 Å². The Morgan fingerprint density at radius 1 is 0.923 bits per heavy atom. The summed E-state index contributed by atoms with van der Waals surface area (Å²) in [4.78, 5) is 44.3. The molecule has 10 heteroatoms. The number of halogens is 4. The number of ether oxygens (including phenoxy) is 1. The van der Waals surface area contributed by atoms with E-state index in [1.54, 1.807) is 35.2 Å². The highest BCUT2D eigenvalue weighted by Gasteiger charge is 2.64. The molecule has 198 valence electrons. The summed E-state index contributed by atoms with van der Waals surface area (Å²) in [7, 11) is 1.49. The monoisotopic (exact) mass is 596 g/mol. The summed E-state index contributed by atoms with van der Waals surface area (Å²) in [6.07, 6.45) is -1.22. The highest BCUT2D eigenvalue weighted by molar-refractivity contribution is 9.10. The second-order valence-electron chi connectivity index (χ2n) is 9.55. The molecule has 2 fully saturated rings. The smallest absolute Gasteiger partial charge is 0.418 e. The van der Waals surface area contributed by atoms with Crippen LogP contribution in [0, 0.1) is 11.8 Å². The Balaban J connectivity index is 1.50. The van der Waals surface area contributed by atoms with Gasteiger partial charge in [-0.15, -0.1) is 0 Å². The van der Waals surface area contributed by atoms with Gasteiger partial charge in [0.2, 0.25) is 11.8 Å². The van der Waals surface area contributed by atoms with E-state index in [2.05, 4.69) is 15.9 Å². The number of amides is 2. The Morgan fingerprint density at radius 2 is 1.59 bits per heavy atom. The van der Waals surface area contributed by atoms with E-state index in [0.717, 1.165) is 17.7 Å². The highest BCUT2D eigenvalue weighted by Crippen LogP contribution is 2.51. The number of Topliss-reactive ketones (excluding diaryl/α,β-unsaturated/α-hetero) is 1. The summed E-state index contributed by atoms with van der Waals surface area (Å²) < 4.78 is 47.4. The number of anilines is 2. The van der Waals surface area contributed by atoms with Gasteiger partial charge in [0.05, 0.1) is 40.7 Å². The molecule has 4 atom stereocenters.